The Morgan fingerprint density at radius 1 is 1.17 bits per heavy atom. The number of hydrogen-bond donors (Lipinski definition) is 1. The Hall–Kier alpha value is -1.74. The minimum absolute atomic E-state index is 0.0833. The van der Waals surface area contributed by atoms with Gasteiger partial charge in [-0.15, -0.1) is 0 Å². The molecule has 0 radical (unpaired) electrons. The molecule has 0 bridgehead atoms. The highest BCUT2D eigenvalue weighted by Crippen LogP contribution is 2.22. The lowest BCUT2D eigenvalue weighted by Gasteiger charge is -2.17. The number of hydrogen-bond acceptors (Lipinski definition) is 2. The summed E-state index contributed by atoms with van der Waals surface area (Å²) < 4.78 is 13.6. The molecule has 0 aliphatic rings. The molecule has 18 heavy (non-hydrogen) atoms. The summed E-state index contributed by atoms with van der Waals surface area (Å²) in [5.74, 6) is -0.180. The molecule has 1 heterocycles. The zero-order valence-corrected chi connectivity index (χ0v) is 10.9. The zero-order valence-electron chi connectivity index (χ0n) is 10.9. The summed E-state index contributed by atoms with van der Waals surface area (Å²) >= 11 is 0. The van der Waals surface area contributed by atoms with Gasteiger partial charge < -0.3 is 5.32 Å². The maximum atomic E-state index is 13.6. The minimum atomic E-state index is -0.180. The topological polar surface area (TPSA) is 24.9 Å². The van der Waals surface area contributed by atoms with E-state index in [4.69, 9.17) is 0 Å². The van der Waals surface area contributed by atoms with Crippen LogP contribution in [0.25, 0.3) is 0 Å². The lowest BCUT2D eigenvalue weighted by molar-refractivity contribution is 0.605. The van der Waals surface area contributed by atoms with E-state index in [1.165, 1.54) is 0 Å². The second-order valence-corrected chi connectivity index (χ2v) is 4.43. The molecule has 94 valence electrons. The highest BCUT2D eigenvalue weighted by molar-refractivity contribution is 5.31. The third kappa shape index (κ3) is 2.57. The van der Waals surface area contributed by atoms with Crippen molar-refractivity contribution in [2.75, 3.05) is 7.05 Å². The van der Waals surface area contributed by atoms with Crippen LogP contribution in [0, 0.1) is 19.7 Å². The van der Waals surface area contributed by atoms with Gasteiger partial charge >= 0.3 is 0 Å². The molecule has 3 heteroatoms. The molecule has 1 N–H and O–H groups in total. The number of nitrogens with one attached hydrogen (secondary N) is 1. The van der Waals surface area contributed by atoms with Gasteiger partial charge in [0.25, 0.3) is 0 Å². The fourth-order valence-electron chi connectivity index (χ4n) is 2.00. The number of nitrogens with zero attached hydrogens (tertiary/aromatic N) is 1. The van der Waals surface area contributed by atoms with Gasteiger partial charge in [0.05, 0.1) is 11.7 Å². The van der Waals surface area contributed by atoms with Gasteiger partial charge in [-0.3, -0.25) is 4.98 Å². The molecule has 2 aromatic rings. The van der Waals surface area contributed by atoms with Crippen LogP contribution < -0.4 is 5.32 Å². The standard InChI is InChI=1S/C15H17FN2/c1-10-7-8-12(9-13(10)16)15(17-3)14-6-4-5-11(2)18-14/h4-9,15,17H,1-3H3. The Balaban J connectivity index is 2.42. The lowest BCUT2D eigenvalue weighted by Crippen LogP contribution is -2.19. The van der Waals surface area contributed by atoms with Crippen LogP contribution >= 0.6 is 0 Å². The van der Waals surface area contributed by atoms with Crippen LogP contribution in [0.4, 0.5) is 4.39 Å². The molecule has 0 aliphatic heterocycles. The first-order valence-electron chi connectivity index (χ1n) is 5.98. The number of aryl methyl sites for hydroxylation is 2. The van der Waals surface area contributed by atoms with Crippen LogP contribution in [0.2, 0.25) is 0 Å². The normalized spacial score (nSPS) is 12.4. The summed E-state index contributed by atoms with van der Waals surface area (Å²) in [4.78, 5) is 4.49. The Bertz CT molecular complexity index is 552. The molecule has 0 fully saturated rings. The summed E-state index contributed by atoms with van der Waals surface area (Å²) in [7, 11) is 1.85. The van der Waals surface area contributed by atoms with E-state index in [9.17, 15) is 4.39 Å². The Morgan fingerprint density at radius 2 is 1.94 bits per heavy atom. The van der Waals surface area contributed by atoms with Gasteiger partial charge in [-0.05, 0) is 50.2 Å². The predicted octanol–water partition coefficient (Wildman–Crippen LogP) is 3.15. The molecular formula is C15H17FN2. The second kappa shape index (κ2) is 5.27. The van der Waals surface area contributed by atoms with E-state index in [0.717, 1.165) is 17.0 Å². The van der Waals surface area contributed by atoms with Crippen LogP contribution in [-0.4, -0.2) is 12.0 Å². The van der Waals surface area contributed by atoms with E-state index in [-0.39, 0.29) is 11.9 Å². The summed E-state index contributed by atoms with van der Waals surface area (Å²) in [5.41, 5.74) is 3.41. The second-order valence-electron chi connectivity index (χ2n) is 4.43. The van der Waals surface area contributed by atoms with Gasteiger partial charge in [-0.25, -0.2) is 4.39 Å². The number of rotatable bonds is 3. The lowest BCUT2D eigenvalue weighted by atomic mass is 10.0. The number of halogens is 1. The van der Waals surface area contributed by atoms with Gasteiger partial charge in [-0.1, -0.05) is 18.2 Å². The van der Waals surface area contributed by atoms with Crippen molar-refractivity contribution in [1.29, 1.82) is 0 Å². The van der Waals surface area contributed by atoms with E-state index in [0.29, 0.717) is 5.56 Å². The molecule has 2 nitrogen and oxygen atoms in total. The molecule has 0 saturated carbocycles. The van der Waals surface area contributed by atoms with Crippen molar-refractivity contribution < 1.29 is 4.39 Å². The largest absolute Gasteiger partial charge is 0.308 e. The van der Waals surface area contributed by atoms with E-state index in [1.54, 1.807) is 19.1 Å². The third-order valence-corrected chi connectivity index (χ3v) is 3.02. The van der Waals surface area contributed by atoms with E-state index >= 15 is 0 Å². The first-order valence-corrected chi connectivity index (χ1v) is 5.98. The van der Waals surface area contributed by atoms with Crippen LogP contribution in [0.3, 0.4) is 0 Å². The van der Waals surface area contributed by atoms with Gasteiger partial charge in [0, 0.05) is 5.69 Å². The maximum Gasteiger partial charge on any atom is 0.126 e. The molecule has 0 saturated heterocycles. The van der Waals surface area contributed by atoms with E-state index in [2.05, 4.69) is 10.3 Å². The average molecular weight is 244 g/mol. The zero-order chi connectivity index (χ0) is 13.1. The van der Waals surface area contributed by atoms with Gasteiger partial charge in [0.1, 0.15) is 5.82 Å². The van der Waals surface area contributed by atoms with Crippen LogP contribution in [0.5, 0.6) is 0 Å². The van der Waals surface area contributed by atoms with Gasteiger partial charge in [0.15, 0.2) is 0 Å². The highest BCUT2D eigenvalue weighted by Gasteiger charge is 2.14. The predicted molar refractivity (Wildman–Crippen MR) is 71.0 cm³/mol. The van der Waals surface area contributed by atoms with Crippen LogP contribution in [-0.2, 0) is 0 Å². The first kappa shape index (κ1) is 12.7. The quantitative estimate of drug-likeness (QED) is 0.897. The molecule has 1 unspecified atom stereocenters. The molecular weight excluding hydrogens is 227 g/mol. The fourth-order valence-corrected chi connectivity index (χ4v) is 2.00. The number of benzene rings is 1. The van der Waals surface area contributed by atoms with Crippen LogP contribution in [0.1, 0.15) is 28.6 Å². The Kier molecular flexibility index (Phi) is 3.72. The van der Waals surface area contributed by atoms with Crippen molar-refractivity contribution in [3.8, 4) is 0 Å². The maximum absolute atomic E-state index is 13.6. The van der Waals surface area contributed by atoms with Crippen molar-refractivity contribution in [3.05, 3.63) is 64.7 Å². The molecule has 2 rings (SSSR count). The molecule has 1 aromatic carbocycles. The molecule has 1 atom stereocenters. The van der Waals surface area contributed by atoms with Gasteiger partial charge in [0.2, 0.25) is 0 Å². The number of aromatic nitrogens is 1. The van der Waals surface area contributed by atoms with E-state index < -0.39 is 0 Å². The Labute approximate surface area is 107 Å². The van der Waals surface area contributed by atoms with Crippen molar-refractivity contribution in [3.63, 3.8) is 0 Å². The van der Waals surface area contributed by atoms with Crippen molar-refractivity contribution >= 4 is 0 Å². The number of pyridine rings is 1. The average Bonchev–Trinajstić information content (AvgIpc) is 2.35. The van der Waals surface area contributed by atoms with Gasteiger partial charge in [-0.2, -0.15) is 0 Å². The smallest absolute Gasteiger partial charge is 0.126 e. The summed E-state index contributed by atoms with van der Waals surface area (Å²) in [6.07, 6.45) is 0. The third-order valence-electron chi connectivity index (χ3n) is 3.02. The summed E-state index contributed by atoms with van der Waals surface area (Å²) in [6.45, 7) is 3.71. The molecule has 1 aromatic heterocycles. The van der Waals surface area contributed by atoms with E-state index in [1.807, 2.05) is 38.2 Å². The minimum Gasteiger partial charge on any atom is -0.308 e. The first-order chi connectivity index (χ1) is 8.61. The fraction of sp³-hybridized carbons (Fsp3) is 0.267. The van der Waals surface area contributed by atoms with Crippen molar-refractivity contribution in [1.82, 2.24) is 10.3 Å². The van der Waals surface area contributed by atoms with Crippen LogP contribution in [0.15, 0.2) is 36.4 Å². The Morgan fingerprint density at radius 3 is 2.56 bits per heavy atom. The monoisotopic (exact) mass is 244 g/mol. The van der Waals surface area contributed by atoms with Crippen molar-refractivity contribution in [2.24, 2.45) is 0 Å². The summed E-state index contributed by atoms with van der Waals surface area (Å²) in [6, 6.07) is 11.1. The molecule has 0 spiro atoms. The summed E-state index contributed by atoms with van der Waals surface area (Å²) in [5, 5.41) is 3.18. The molecule has 0 aliphatic carbocycles. The SMILES string of the molecule is CNC(c1ccc(C)c(F)c1)c1cccc(C)n1. The molecule has 0 amide bonds. The van der Waals surface area contributed by atoms with Crippen molar-refractivity contribution in [2.45, 2.75) is 19.9 Å². The highest BCUT2D eigenvalue weighted by atomic mass is 19.1.